The fourth-order valence-corrected chi connectivity index (χ4v) is 4.27. The highest BCUT2D eigenvalue weighted by atomic mass is 32.1. The van der Waals surface area contributed by atoms with Crippen LogP contribution in [-0.2, 0) is 5.41 Å². The maximum absolute atomic E-state index is 14.5. The molecule has 12 heteroatoms. The average molecular weight is 583 g/mol. The lowest BCUT2D eigenvalue weighted by Crippen LogP contribution is -2.54. The molecule has 204 valence electrons. The van der Waals surface area contributed by atoms with Gasteiger partial charge in [-0.1, -0.05) is 24.3 Å². The van der Waals surface area contributed by atoms with Gasteiger partial charge in [-0.15, -0.1) is 25.3 Å². The lowest BCUT2D eigenvalue weighted by atomic mass is 9.73. The number of thiol groups is 2. The smallest absolute Gasteiger partial charge is 0.411 e. The van der Waals surface area contributed by atoms with Gasteiger partial charge in [0, 0.05) is 33.3 Å². The standard InChI is InChI=1S/C27H20F6N2O2S2/c28-26(29,30)25(27(31,32)33,15-1-5-17(6-2-15)36-19-9-11-23(38)21(34)13-19)16-3-7-18(8-4-16)37-20-10-12-24(39)22(35)14-20/h1-14,38-39H,34-35H2. The van der Waals surface area contributed by atoms with Crippen LogP contribution in [0, 0.1) is 0 Å². The van der Waals surface area contributed by atoms with Gasteiger partial charge in [0.2, 0.25) is 5.41 Å². The molecule has 0 saturated carbocycles. The molecule has 0 spiro atoms. The van der Waals surface area contributed by atoms with Crippen molar-refractivity contribution in [2.45, 2.75) is 27.6 Å². The monoisotopic (exact) mass is 582 g/mol. The summed E-state index contributed by atoms with van der Waals surface area (Å²) in [6.07, 6.45) is -11.5. The van der Waals surface area contributed by atoms with Crippen molar-refractivity contribution < 1.29 is 35.8 Å². The number of alkyl halides is 6. The van der Waals surface area contributed by atoms with E-state index in [9.17, 15) is 26.3 Å². The van der Waals surface area contributed by atoms with Gasteiger partial charge < -0.3 is 20.9 Å². The summed E-state index contributed by atoms with van der Waals surface area (Å²) in [5.41, 5.74) is 5.69. The zero-order chi connectivity index (χ0) is 28.6. The summed E-state index contributed by atoms with van der Waals surface area (Å²) in [5, 5.41) is 0. The van der Waals surface area contributed by atoms with E-state index < -0.39 is 28.9 Å². The Balaban J connectivity index is 1.71. The van der Waals surface area contributed by atoms with Gasteiger partial charge in [0.15, 0.2) is 0 Å². The van der Waals surface area contributed by atoms with Crippen molar-refractivity contribution >= 4 is 36.6 Å². The first kappa shape index (κ1) is 28.4. The van der Waals surface area contributed by atoms with Crippen LogP contribution in [-0.4, -0.2) is 12.4 Å². The molecular formula is C27H20F6N2O2S2. The molecule has 4 N–H and O–H groups in total. The van der Waals surface area contributed by atoms with Crippen LogP contribution in [0.2, 0.25) is 0 Å². The number of hydrogen-bond acceptors (Lipinski definition) is 6. The average Bonchev–Trinajstić information content (AvgIpc) is 2.84. The highest BCUT2D eigenvalue weighted by Gasteiger charge is 2.72. The van der Waals surface area contributed by atoms with Gasteiger partial charge in [0.1, 0.15) is 23.0 Å². The van der Waals surface area contributed by atoms with Gasteiger partial charge >= 0.3 is 12.4 Å². The van der Waals surface area contributed by atoms with Gasteiger partial charge in [-0.05, 0) is 59.7 Å². The molecule has 0 aliphatic heterocycles. The van der Waals surface area contributed by atoms with Crippen LogP contribution in [0.1, 0.15) is 11.1 Å². The van der Waals surface area contributed by atoms with E-state index in [1.807, 2.05) is 0 Å². The van der Waals surface area contributed by atoms with Crippen molar-refractivity contribution in [1.82, 2.24) is 0 Å². The van der Waals surface area contributed by atoms with Crippen LogP contribution in [0.15, 0.2) is 94.7 Å². The molecule has 0 aliphatic rings. The fraction of sp³-hybridized carbons (Fsp3) is 0.111. The quantitative estimate of drug-likeness (QED) is 0.105. The molecule has 0 atom stereocenters. The van der Waals surface area contributed by atoms with E-state index in [2.05, 4.69) is 25.3 Å². The zero-order valence-corrected chi connectivity index (χ0v) is 21.5. The molecule has 4 aromatic rings. The van der Waals surface area contributed by atoms with E-state index in [0.29, 0.717) is 9.79 Å². The van der Waals surface area contributed by atoms with E-state index in [4.69, 9.17) is 20.9 Å². The van der Waals surface area contributed by atoms with E-state index in [-0.39, 0.29) is 34.4 Å². The second-order valence-corrected chi connectivity index (χ2v) is 9.40. The van der Waals surface area contributed by atoms with E-state index in [1.54, 1.807) is 0 Å². The van der Waals surface area contributed by atoms with Crippen LogP contribution in [0.4, 0.5) is 37.7 Å². The first-order valence-electron chi connectivity index (χ1n) is 11.1. The van der Waals surface area contributed by atoms with Crippen LogP contribution < -0.4 is 20.9 Å². The number of rotatable bonds is 6. The number of anilines is 2. The van der Waals surface area contributed by atoms with Crippen molar-refractivity contribution in [2.24, 2.45) is 0 Å². The van der Waals surface area contributed by atoms with Crippen molar-refractivity contribution in [3.63, 3.8) is 0 Å². The zero-order valence-electron chi connectivity index (χ0n) is 19.7. The van der Waals surface area contributed by atoms with Crippen LogP contribution in [0.5, 0.6) is 23.0 Å². The molecule has 0 amide bonds. The predicted molar refractivity (Wildman–Crippen MR) is 142 cm³/mol. The first-order valence-corrected chi connectivity index (χ1v) is 12.0. The molecule has 4 nitrogen and oxygen atoms in total. The predicted octanol–water partition coefficient (Wildman–Crippen LogP) is 8.42. The van der Waals surface area contributed by atoms with Gasteiger partial charge in [-0.25, -0.2) is 0 Å². The van der Waals surface area contributed by atoms with E-state index >= 15 is 0 Å². The summed E-state index contributed by atoms with van der Waals surface area (Å²) in [4.78, 5) is 0.961. The molecule has 0 aromatic heterocycles. The third-order valence-corrected chi connectivity index (χ3v) is 6.71. The molecule has 0 heterocycles. The summed E-state index contributed by atoms with van der Waals surface area (Å²) in [7, 11) is 0. The van der Waals surface area contributed by atoms with Gasteiger partial charge in [-0.3, -0.25) is 0 Å². The number of nitrogen functional groups attached to an aromatic ring is 2. The molecule has 0 fully saturated rings. The minimum absolute atomic E-state index is 0.0126. The van der Waals surface area contributed by atoms with E-state index in [1.165, 1.54) is 36.4 Å². The highest BCUT2D eigenvalue weighted by molar-refractivity contribution is 7.80. The van der Waals surface area contributed by atoms with Gasteiger partial charge in [0.25, 0.3) is 0 Å². The molecule has 0 radical (unpaired) electrons. The van der Waals surface area contributed by atoms with Crippen molar-refractivity contribution in [1.29, 1.82) is 0 Å². The summed E-state index contributed by atoms with van der Waals surface area (Å²) < 4.78 is 97.9. The molecule has 0 saturated heterocycles. The number of hydrogen-bond donors (Lipinski definition) is 4. The Labute approximate surface area is 230 Å². The van der Waals surface area contributed by atoms with Crippen molar-refractivity contribution in [3.05, 3.63) is 96.1 Å². The Morgan fingerprint density at radius 1 is 0.487 bits per heavy atom. The minimum atomic E-state index is -5.75. The summed E-state index contributed by atoms with van der Waals surface area (Å²) in [5.74, 6) is 0.492. The van der Waals surface area contributed by atoms with Crippen LogP contribution in [0.25, 0.3) is 0 Å². The lowest BCUT2D eigenvalue weighted by molar-refractivity contribution is -0.288. The Morgan fingerprint density at radius 3 is 1.08 bits per heavy atom. The molecule has 4 rings (SSSR count). The number of ether oxygens (including phenoxy) is 2. The van der Waals surface area contributed by atoms with Crippen LogP contribution >= 0.6 is 25.3 Å². The van der Waals surface area contributed by atoms with Crippen molar-refractivity contribution in [3.8, 4) is 23.0 Å². The Bertz CT molecular complexity index is 1360. The first-order chi connectivity index (χ1) is 18.2. The lowest BCUT2D eigenvalue weighted by Gasteiger charge is -2.38. The molecule has 0 unspecified atom stereocenters. The summed E-state index contributed by atoms with van der Waals surface area (Å²) in [6, 6.07) is 16.0. The largest absolute Gasteiger partial charge is 0.457 e. The van der Waals surface area contributed by atoms with Crippen molar-refractivity contribution in [2.75, 3.05) is 11.5 Å². The number of halogens is 6. The third kappa shape index (κ3) is 5.57. The van der Waals surface area contributed by atoms with Crippen LogP contribution in [0.3, 0.4) is 0 Å². The topological polar surface area (TPSA) is 70.5 Å². The minimum Gasteiger partial charge on any atom is -0.457 e. The SMILES string of the molecule is Nc1cc(Oc2ccc(C(c3ccc(Oc4ccc(S)c(N)c4)cc3)(C(F)(F)F)C(F)(F)F)cc2)ccc1S. The maximum Gasteiger partial charge on any atom is 0.411 e. The Morgan fingerprint density at radius 2 is 0.795 bits per heavy atom. The number of nitrogens with two attached hydrogens (primary N) is 2. The van der Waals surface area contributed by atoms with Gasteiger partial charge in [-0.2, -0.15) is 26.3 Å². The highest BCUT2D eigenvalue weighted by Crippen LogP contribution is 2.56. The molecule has 4 aromatic carbocycles. The summed E-state index contributed by atoms with van der Waals surface area (Å²) in [6.45, 7) is 0. The maximum atomic E-state index is 14.5. The van der Waals surface area contributed by atoms with E-state index in [0.717, 1.165) is 48.5 Å². The molecule has 39 heavy (non-hydrogen) atoms. The molecule has 0 aliphatic carbocycles. The Kier molecular flexibility index (Phi) is 7.63. The Hall–Kier alpha value is -3.64. The molecule has 0 bridgehead atoms. The normalized spacial score (nSPS) is 12.3. The molecular weight excluding hydrogens is 562 g/mol. The second kappa shape index (κ2) is 10.5. The van der Waals surface area contributed by atoms with Gasteiger partial charge in [0.05, 0.1) is 0 Å². The number of benzene rings is 4. The fourth-order valence-electron chi connectivity index (χ4n) is 3.99. The summed E-state index contributed by atoms with van der Waals surface area (Å²) >= 11 is 8.27. The second-order valence-electron chi connectivity index (χ2n) is 8.44. The third-order valence-electron chi connectivity index (χ3n) is 5.89.